The quantitative estimate of drug-likeness (QED) is 0.239. The fraction of sp³-hybridized carbons (Fsp3) is 0.421. The molecular formula is C19H27IN6O2. The molecule has 28 heavy (non-hydrogen) atoms. The molecule has 1 aliphatic rings. The minimum Gasteiger partial charge on any atom is -0.454 e. The van der Waals surface area contributed by atoms with Crippen molar-refractivity contribution in [1.82, 2.24) is 25.4 Å². The van der Waals surface area contributed by atoms with Crippen LogP contribution < -0.4 is 20.1 Å². The Balaban J connectivity index is 0.00000280. The van der Waals surface area contributed by atoms with Gasteiger partial charge in [0, 0.05) is 32.6 Å². The molecule has 152 valence electrons. The number of halogens is 1. The van der Waals surface area contributed by atoms with Crippen molar-refractivity contribution in [1.29, 1.82) is 0 Å². The van der Waals surface area contributed by atoms with Gasteiger partial charge in [-0.25, -0.2) is 0 Å². The molecule has 0 unspecified atom stereocenters. The molecule has 8 nitrogen and oxygen atoms in total. The van der Waals surface area contributed by atoms with Crippen LogP contribution >= 0.6 is 24.0 Å². The molecule has 2 aromatic rings. The average Bonchev–Trinajstić information content (AvgIpc) is 3.34. The minimum absolute atomic E-state index is 0. The highest BCUT2D eigenvalue weighted by Gasteiger charge is 2.12. The van der Waals surface area contributed by atoms with Gasteiger partial charge in [0.2, 0.25) is 6.79 Å². The van der Waals surface area contributed by atoms with Gasteiger partial charge in [0.25, 0.3) is 0 Å². The van der Waals surface area contributed by atoms with Crippen molar-refractivity contribution in [2.24, 2.45) is 4.99 Å². The molecule has 9 heteroatoms. The van der Waals surface area contributed by atoms with Gasteiger partial charge in [0.15, 0.2) is 17.5 Å². The van der Waals surface area contributed by atoms with Gasteiger partial charge in [-0.1, -0.05) is 19.1 Å². The van der Waals surface area contributed by atoms with E-state index in [1.165, 1.54) is 5.56 Å². The molecule has 0 radical (unpaired) electrons. The van der Waals surface area contributed by atoms with E-state index in [1.807, 2.05) is 28.8 Å². The number of ether oxygens (including phenoxy) is 2. The van der Waals surface area contributed by atoms with Gasteiger partial charge in [-0.15, -0.1) is 40.8 Å². The molecule has 1 aliphatic heterocycles. The molecule has 0 bridgehead atoms. The molecule has 3 rings (SSSR count). The van der Waals surface area contributed by atoms with Crippen molar-refractivity contribution in [3.05, 3.63) is 48.6 Å². The Labute approximate surface area is 182 Å². The van der Waals surface area contributed by atoms with E-state index >= 15 is 0 Å². The lowest BCUT2D eigenvalue weighted by molar-refractivity contribution is 0.174. The topological polar surface area (TPSA) is 85.6 Å². The Kier molecular flexibility index (Phi) is 9.05. The van der Waals surface area contributed by atoms with Gasteiger partial charge in [-0.2, -0.15) is 0 Å². The molecule has 0 saturated carbocycles. The third-order valence-corrected chi connectivity index (χ3v) is 4.18. The van der Waals surface area contributed by atoms with Crippen LogP contribution in [0.1, 0.15) is 18.3 Å². The van der Waals surface area contributed by atoms with E-state index in [-0.39, 0.29) is 24.0 Å². The molecule has 2 N–H and O–H groups in total. The van der Waals surface area contributed by atoms with Crippen molar-refractivity contribution < 1.29 is 9.47 Å². The number of hydrogen-bond donors (Lipinski definition) is 2. The molecule has 0 atom stereocenters. The third-order valence-electron chi connectivity index (χ3n) is 4.18. The van der Waals surface area contributed by atoms with Crippen LogP contribution in [0.5, 0.6) is 11.5 Å². The molecule has 1 aromatic heterocycles. The summed E-state index contributed by atoms with van der Waals surface area (Å²) in [4.78, 5) is 4.65. The van der Waals surface area contributed by atoms with Gasteiger partial charge < -0.3 is 24.7 Å². The monoisotopic (exact) mass is 498 g/mol. The zero-order valence-electron chi connectivity index (χ0n) is 16.1. The number of hydrogen-bond acceptors (Lipinski definition) is 5. The molecule has 0 fully saturated rings. The smallest absolute Gasteiger partial charge is 0.231 e. The summed E-state index contributed by atoms with van der Waals surface area (Å²) in [6.45, 7) is 8.95. The molecule has 2 heterocycles. The SMILES string of the molecule is C=CCNC(=NCCc1ccc2c(c1)OCO2)NCCn1cnnc1CC.I. The Morgan fingerprint density at radius 1 is 1.32 bits per heavy atom. The first-order valence-electron chi connectivity index (χ1n) is 9.18. The highest BCUT2D eigenvalue weighted by molar-refractivity contribution is 14.0. The van der Waals surface area contributed by atoms with Crippen molar-refractivity contribution in [2.45, 2.75) is 26.3 Å². The number of aryl methyl sites for hydroxylation is 1. The van der Waals surface area contributed by atoms with Gasteiger partial charge in [-0.05, 0) is 24.1 Å². The van der Waals surface area contributed by atoms with E-state index in [9.17, 15) is 0 Å². The standard InChI is InChI=1S/C19H26N6O2.HI/c1-3-8-20-19(22-10-11-25-13-23-24-18(25)4-2)21-9-7-15-5-6-16-17(12-15)27-14-26-16;/h3,5-6,12-13H,1,4,7-11,14H2,2H3,(H2,20,21,22);1H. The van der Waals surface area contributed by atoms with Gasteiger partial charge >= 0.3 is 0 Å². The molecule has 0 amide bonds. The van der Waals surface area contributed by atoms with Crippen LogP contribution in [0.4, 0.5) is 0 Å². The lowest BCUT2D eigenvalue weighted by atomic mass is 10.1. The first-order chi connectivity index (χ1) is 13.3. The zero-order chi connectivity index (χ0) is 18.9. The zero-order valence-corrected chi connectivity index (χ0v) is 18.4. The number of guanidine groups is 1. The van der Waals surface area contributed by atoms with Gasteiger partial charge in [-0.3, -0.25) is 4.99 Å². The maximum Gasteiger partial charge on any atom is 0.231 e. The normalized spacial score (nSPS) is 12.4. The summed E-state index contributed by atoms with van der Waals surface area (Å²) >= 11 is 0. The average molecular weight is 498 g/mol. The summed E-state index contributed by atoms with van der Waals surface area (Å²) in [5.74, 6) is 3.36. The van der Waals surface area contributed by atoms with Crippen LogP contribution in [0.25, 0.3) is 0 Å². The number of rotatable bonds is 9. The largest absolute Gasteiger partial charge is 0.454 e. The molecule has 0 spiro atoms. The summed E-state index contributed by atoms with van der Waals surface area (Å²) in [6, 6.07) is 6.01. The Bertz CT molecular complexity index is 792. The van der Waals surface area contributed by atoms with Crippen molar-refractivity contribution in [3.8, 4) is 11.5 Å². The summed E-state index contributed by atoms with van der Waals surface area (Å²) in [7, 11) is 0. The maximum atomic E-state index is 5.42. The Morgan fingerprint density at radius 2 is 2.18 bits per heavy atom. The minimum atomic E-state index is 0. The Hall–Kier alpha value is -2.30. The third kappa shape index (κ3) is 6.11. The summed E-state index contributed by atoms with van der Waals surface area (Å²) in [5.41, 5.74) is 1.17. The van der Waals surface area contributed by atoms with Crippen LogP contribution in [0.15, 0.2) is 42.2 Å². The van der Waals surface area contributed by atoms with E-state index < -0.39 is 0 Å². The predicted octanol–water partition coefficient (Wildman–Crippen LogP) is 2.15. The van der Waals surface area contributed by atoms with Crippen LogP contribution in [0.3, 0.4) is 0 Å². The fourth-order valence-electron chi connectivity index (χ4n) is 2.77. The van der Waals surface area contributed by atoms with Crippen molar-refractivity contribution in [2.75, 3.05) is 26.4 Å². The van der Waals surface area contributed by atoms with Gasteiger partial charge in [0.1, 0.15) is 12.2 Å². The summed E-state index contributed by atoms with van der Waals surface area (Å²) in [6.07, 6.45) is 5.26. The van der Waals surface area contributed by atoms with E-state index in [1.54, 1.807) is 6.33 Å². The van der Waals surface area contributed by atoms with Crippen LogP contribution in [0, 0.1) is 0 Å². The van der Waals surface area contributed by atoms with Crippen molar-refractivity contribution in [3.63, 3.8) is 0 Å². The highest BCUT2D eigenvalue weighted by atomic mass is 127. The number of aliphatic imine (C=N–C) groups is 1. The second kappa shape index (κ2) is 11.5. The summed E-state index contributed by atoms with van der Waals surface area (Å²) < 4.78 is 12.8. The van der Waals surface area contributed by atoms with Gasteiger partial charge in [0.05, 0.1) is 0 Å². The highest BCUT2D eigenvalue weighted by Crippen LogP contribution is 2.32. The first-order valence-corrected chi connectivity index (χ1v) is 9.18. The van der Waals surface area contributed by atoms with E-state index in [2.05, 4.69) is 39.3 Å². The van der Waals surface area contributed by atoms with E-state index in [0.29, 0.717) is 19.9 Å². The van der Waals surface area contributed by atoms with Crippen LogP contribution in [-0.4, -0.2) is 47.2 Å². The molecular weight excluding hydrogens is 471 g/mol. The lowest BCUT2D eigenvalue weighted by Crippen LogP contribution is -2.39. The number of nitrogens with one attached hydrogen (secondary N) is 2. The number of nitrogens with zero attached hydrogens (tertiary/aromatic N) is 4. The molecule has 1 aromatic carbocycles. The van der Waals surface area contributed by atoms with Crippen LogP contribution in [0.2, 0.25) is 0 Å². The summed E-state index contributed by atoms with van der Waals surface area (Å²) in [5, 5.41) is 14.6. The van der Waals surface area contributed by atoms with Crippen molar-refractivity contribution >= 4 is 29.9 Å². The predicted molar refractivity (Wildman–Crippen MR) is 120 cm³/mol. The number of fused-ring (bicyclic) bond motifs is 1. The molecule has 0 aliphatic carbocycles. The first kappa shape index (κ1) is 22.0. The second-order valence-corrected chi connectivity index (χ2v) is 6.06. The lowest BCUT2D eigenvalue weighted by Gasteiger charge is -2.12. The second-order valence-electron chi connectivity index (χ2n) is 6.06. The van der Waals surface area contributed by atoms with E-state index in [4.69, 9.17) is 9.47 Å². The Morgan fingerprint density at radius 3 is 3.00 bits per heavy atom. The number of aromatic nitrogens is 3. The van der Waals surface area contributed by atoms with E-state index in [0.717, 1.165) is 49.2 Å². The van der Waals surface area contributed by atoms with Crippen LogP contribution in [-0.2, 0) is 19.4 Å². The number of benzene rings is 1. The fourth-order valence-corrected chi connectivity index (χ4v) is 2.77. The maximum absolute atomic E-state index is 5.42. The molecule has 0 saturated heterocycles.